The number of aromatic nitrogens is 2. The number of hydrogen-bond acceptors (Lipinski definition) is 8. The molecule has 0 bridgehead atoms. The maximum atomic E-state index is 13.3. The third-order valence-corrected chi connectivity index (χ3v) is 6.18. The minimum Gasteiger partial charge on any atom is -0.497 e. The van der Waals surface area contributed by atoms with Crippen LogP contribution in [0.5, 0.6) is 11.5 Å². The van der Waals surface area contributed by atoms with E-state index in [4.69, 9.17) is 18.9 Å². The summed E-state index contributed by atoms with van der Waals surface area (Å²) in [5, 5.41) is 2.98. The molecule has 2 heterocycles. The second-order valence-electron chi connectivity index (χ2n) is 7.32. The topological polar surface area (TPSA) is 109 Å². The van der Waals surface area contributed by atoms with E-state index in [0.717, 1.165) is 5.56 Å². The molecule has 0 aliphatic heterocycles. The Bertz CT molecular complexity index is 1110. The zero-order valence-corrected chi connectivity index (χ0v) is 20.6. The highest BCUT2D eigenvalue weighted by Crippen LogP contribution is 2.28. The molecule has 186 valence electrons. The van der Waals surface area contributed by atoms with E-state index in [1.807, 2.05) is 0 Å². The third kappa shape index (κ3) is 8.13. The number of nitrogens with one attached hydrogen (secondary N) is 1. The van der Waals surface area contributed by atoms with E-state index in [0.29, 0.717) is 50.0 Å². The highest BCUT2D eigenvalue weighted by Gasteiger charge is 2.19. The monoisotopic (exact) mass is 499 g/mol. The molecule has 35 heavy (non-hydrogen) atoms. The molecule has 0 fully saturated rings. The van der Waals surface area contributed by atoms with Crippen LogP contribution in [0.1, 0.15) is 22.3 Å². The van der Waals surface area contributed by atoms with E-state index in [-0.39, 0.29) is 16.3 Å². The smallest absolute Gasteiger partial charge is 0.258 e. The second-order valence-corrected chi connectivity index (χ2v) is 8.68. The molecule has 1 amide bonds. The number of amides is 1. The van der Waals surface area contributed by atoms with Gasteiger partial charge in [0.05, 0.1) is 49.0 Å². The van der Waals surface area contributed by atoms with Crippen LogP contribution in [-0.2, 0) is 26.0 Å². The number of ether oxygens (including phenoxy) is 4. The first kappa shape index (κ1) is 26.3. The highest BCUT2D eigenvalue weighted by molar-refractivity contribution is 7.84. The molecule has 0 radical (unpaired) electrons. The fourth-order valence-corrected chi connectivity index (χ4v) is 4.33. The largest absolute Gasteiger partial charge is 0.497 e. The van der Waals surface area contributed by atoms with Gasteiger partial charge in [0.15, 0.2) is 0 Å². The number of anilines is 1. The maximum absolute atomic E-state index is 13.3. The lowest BCUT2D eigenvalue weighted by Crippen LogP contribution is -2.16. The van der Waals surface area contributed by atoms with Crippen LogP contribution >= 0.6 is 0 Å². The molecular formula is C25H29N3O6S. The number of methoxy groups -OCH3 is 2. The Labute approximate surface area is 207 Å². The molecule has 0 aliphatic rings. The molecule has 2 aromatic heterocycles. The summed E-state index contributed by atoms with van der Waals surface area (Å²) in [6, 6.07) is 11.9. The Morgan fingerprint density at radius 2 is 1.83 bits per heavy atom. The average molecular weight is 500 g/mol. The van der Waals surface area contributed by atoms with Crippen molar-refractivity contribution in [3.63, 3.8) is 0 Å². The quantitative estimate of drug-likeness (QED) is 0.336. The molecule has 0 saturated carbocycles. The molecule has 3 rings (SSSR count). The normalized spacial score (nSPS) is 11.6. The molecular weight excluding hydrogens is 470 g/mol. The van der Waals surface area contributed by atoms with Crippen LogP contribution in [0.4, 0.5) is 5.69 Å². The molecule has 0 saturated heterocycles. The van der Waals surface area contributed by atoms with Gasteiger partial charge in [-0.25, -0.2) is 4.98 Å². The van der Waals surface area contributed by atoms with Gasteiger partial charge in [-0.05, 0) is 30.3 Å². The minimum absolute atomic E-state index is 0.121. The van der Waals surface area contributed by atoms with Crippen molar-refractivity contribution in [1.82, 2.24) is 9.97 Å². The summed E-state index contributed by atoms with van der Waals surface area (Å²) in [7, 11) is 1.60. The van der Waals surface area contributed by atoms with Crippen LogP contribution in [0.25, 0.3) is 0 Å². The molecule has 0 spiro atoms. The molecule has 1 atom stereocenters. The standard InChI is InChI=1S/C25H29N3O6S/c1-31-15-16-33-13-4-14-34-23-17-21(32-2)7-6-19(23)18-35(30)25-22(5-3-10-27-25)24(29)28-20-8-11-26-12-9-20/h3,5-12,17H,4,13-16,18H2,1-2H3,(H,26,28,29). The van der Waals surface area contributed by atoms with E-state index in [1.54, 1.807) is 69.1 Å². The summed E-state index contributed by atoms with van der Waals surface area (Å²) in [4.78, 5) is 21.0. The van der Waals surface area contributed by atoms with Crippen LogP contribution in [0.15, 0.2) is 66.1 Å². The lowest BCUT2D eigenvalue weighted by Gasteiger charge is -2.14. The summed E-state index contributed by atoms with van der Waals surface area (Å²) >= 11 is 0. The predicted molar refractivity (Wildman–Crippen MR) is 132 cm³/mol. The van der Waals surface area contributed by atoms with Crippen molar-refractivity contribution in [2.45, 2.75) is 17.2 Å². The summed E-state index contributed by atoms with van der Waals surface area (Å²) in [6.45, 7) is 2.03. The molecule has 0 aliphatic carbocycles. The van der Waals surface area contributed by atoms with Crippen molar-refractivity contribution < 1.29 is 28.0 Å². The van der Waals surface area contributed by atoms with Gasteiger partial charge in [0.1, 0.15) is 16.5 Å². The number of benzene rings is 1. The zero-order chi connectivity index (χ0) is 24.9. The van der Waals surface area contributed by atoms with E-state index in [2.05, 4.69) is 15.3 Å². The Kier molecular flexibility index (Phi) is 10.6. The highest BCUT2D eigenvalue weighted by atomic mass is 32.2. The molecule has 1 N–H and O–H groups in total. The van der Waals surface area contributed by atoms with Crippen LogP contribution in [-0.4, -0.2) is 60.7 Å². The second kappa shape index (κ2) is 14.1. The zero-order valence-electron chi connectivity index (χ0n) is 19.8. The van der Waals surface area contributed by atoms with Gasteiger partial charge >= 0.3 is 0 Å². The summed E-state index contributed by atoms with van der Waals surface area (Å²) < 4.78 is 35.0. The lowest BCUT2D eigenvalue weighted by atomic mass is 10.2. The molecule has 1 unspecified atom stereocenters. The lowest BCUT2D eigenvalue weighted by molar-refractivity contribution is 0.0644. The number of pyridine rings is 2. The van der Waals surface area contributed by atoms with Crippen LogP contribution < -0.4 is 14.8 Å². The Hall–Kier alpha value is -3.34. The van der Waals surface area contributed by atoms with Gasteiger partial charge in [0.2, 0.25) is 0 Å². The average Bonchev–Trinajstić information content (AvgIpc) is 2.89. The van der Waals surface area contributed by atoms with Gasteiger partial charge < -0.3 is 24.3 Å². The fourth-order valence-electron chi connectivity index (χ4n) is 3.09. The van der Waals surface area contributed by atoms with Gasteiger partial charge in [-0.1, -0.05) is 6.07 Å². The van der Waals surface area contributed by atoms with Crippen molar-refractivity contribution in [2.75, 3.05) is 46.0 Å². The van der Waals surface area contributed by atoms with E-state index >= 15 is 0 Å². The predicted octanol–water partition coefficient (Wildman–Crippen LogP) is 3.48. The van der Waals surface area contributed by atoms with Gasteiger partial charge in [-0.3, -0.25) is 14.0 Å². The van der Waals surface area contributed by atoms with Gasteiger partial charge in [-0.2, -0.15) is 0 Å². The number of hydrogen-bond donors (Lipinski definition) is 1. The number of carbonyl (C=O) groups is 1. The Balaban J connectivity index is 1.70. The van der Waals surface area contributed by atoms with Crippen molar-refractivity contribution in [2.24, 2.45) is 0 Å². The molecule has 10 heteroatoms. The molecule has 9 nitrogen and oxygen atoms in total. The number of rotatable bonds is 14. The van der Waals surface area contributed by atoms with Crippen molar-refractivity contribution in [3.05, 3.63) is 72.2 Å². The number of nitrogens with zero attached hydrogens (tertiary/aromatic N) is 2. The first-order valence-corrected chi connectivity index (χ1v) is 12.4. The van der Waals surface area contributed by atoms with Crippen molar-refractivity contribution in [1.29, 1.82) is 0 Å². The third-order valence-electron chi connectivity index (χ3n) is 4.85. The Morgan fingerprint density at radius 3 is 2.60 bits per heavy atom. The van der Waals surface area contributed by atoms with Crippen LogP contribution in [0, 0.1) is 0 Å². The van der Waals surface area contributed by atoms with Gasteiger partial charge in [0, 0.05) is 56.0 Å². The van der Waals surface area contributed by atoms with E-state index in [9.17, 15) is 9.00 Å². The molecule has 3 aromatic rings. The number of carbonyl (C=O) groups excluding carboxylic acids is 1. The summed E-state index contributed by atoms with van der Waals surface area (Å²) in [5.41, 5.74) is 1.55. The Morgan fingerprint density at radius 1 is 1.00 bits per heavy atom. The van der Waals surface area contributed by atoms with Crippen molar-refractivity contribution in [3.8, 4) is 11.5 Å². The summed E-state index contributed by atoms with van der Waals surface area (Å²) in [6.07, 6.45) is 5.36. The fraction of sp³-hybridized carbons (Fsp3) is 0.320. The van der Waals surface area contributed by atoms with Crippen molar-refractivity contribution >= 4 is 22.4 Å². The maximum Gasteiger partial charge on any atom is 0.258 e. The molecule has 1 aromatic carbocycles. The summed E-state index contributed by atoms with van der Waals surface area (Å²) in [5.74, 6) is 0.915. The first-order valence-electron chi connectivity index (χ1n) is 11.0. The van der Waals surface area contributed by atoms with E-state index < -0.39 is 16.7 Å². The van der Waals surface area contributed by atoms with Gasteiger partial charge in [0.25, 0.3) is 5.91 Å². The SMILES string of the molecule is COCCOCCCOc1cc(OC)ccc1CS(=O)c1ncccc1C(=O)Nc1ccncc1. The van der Waals surface area contributed by atoms with E-state index in [1.165, 1.54) is 6.20 Å². The first-order chi connectivity index (χ1) is 17.1. The van der Waals surface area contributed by atoms with Crippen LogP contribution in [0.2, 0.25) is 0 Å². The minimum atomic E-state index is -1.60. The van der Waals surface area contributed by atoms with Crippen LogP contribution in [0.3, 0.4) is 0 Å². The van der Waals surface area contributed by atoms with Gasteiger partial charge in [-0.15, -0.1) is 0 Å².